The summed E-state index contributed by atoms with van der Waals surface area (Å²) in [7, 11) is 0. The third kappa shape index (κ3) is 1.34. The topological polar surface area (TPSA) is 43.8 Å². The van der Waals surface area contributed by atoms with Crippen LogP contribution in [0.4, 0.5) is 0 Å². The Morgan fingerprint density at radius 2 is 2.31 bits per heavy atom. The Hall–Kier alpha value is -0.830. The molecule has 1 aromatic rings. The molecule has 1 aliphatic carbocycles. The maximum absolute atomic E-state index is 5.82. The zero-order valence-corrected chi connectivity index (χ0v) is 10.2. The van der Waals surface area contributed by atoms with Gasteiger partial charge in [0, 0.05) is 25.1 Å². The molecule has 1 aromatic heterocycles. The molecule has 3 heteroatoms. The van der Waals surface area contributed by atoms with Crippen LogP contribution >= 0.6 is 0 Å². The fourth-order valence-corrected chi connectivity index (χ4v) is 3.36. The summed E-state index contributed by atoms with van der Waals surface area (Å²) in [5, 5.41) is 0. The van der Waals surface area contributed by atoms with Gasteiger partial charge in [0.25, 0.3) is 0 Å². The molecule has 1 saturated carbocycles. The van der Waals surface area contributed by atoms with Crippen LogP contribution in [0.2, 0.25) is 0 Å². The van der Waals surface area contributed by atoms with Gasteiger partial charge in [0.15, 0.2) is 0 Å². The summed E-state index contributed by atoms with van der Waals surface area (Å²) >= 11 is 0. The number of nitrogens with two attached hydrogens (primary N) is 1. The number of aromatic nitrogens is 2. The monoisotopic (exact) mass is 219 g/mol. The van der Waals surface area contributed by atoms with Gasteiger partial charge in [0.05, 0.1) is 5.69 Å². The standard InChI is InChI=1S/C13H21N3/c1-13(2)9(7-14)12(13)10-8-16-6-4-3-5-11(16)15-10/h8-9,12H,3-7,14H2,1-2H3. The maximum Gasteiger partial charge on any atom is 0.108 e. The van der Waals surface area contributed by atoms with E-state index in [0.29, 0.717) is 17.3 Å². The molecular formula is C13H21N3. The third-order valence-electron chi connectivity index (χ3n) is 4.55. The molecule has 2 N–H and O–H groups in total. The van der Waals surface area contributed by atoms with Gasteiger partial charge in [-0.1, -0.05) is 13.8 Å². The van der Waals surface area contributed by atoms with Crippen molar-refractivity contribution in [2.45, 2.75) is 45.6 Å². The molecule has 0 bridgehead atoms. The van der Waals surface area contributed by atoms with Gasteiger partial charge in [-0.05, 0) is 30.7 Å². The molecule has 0 aromatic carbocycles. The lowest BCUT2D eigenvalue weighted by Crippen LogP contribution is -2.08. The van der Waals surface area contributed by atoms with Crippen LogP contribution in [0.15, 0.2) is 6.20 Å². The normalized spacial score (nSPS) is 31.2. The smallest absolute Gasteiger partial charge is 0.108 e. The lowest BCUT2D eigenvalue weighted by molar-refractivity contribution is 0.522. The fraction of sp³-hybridized carbons (Fsp3) is 0.769. The van der Waals surface area contributed by atoms with E-state index in [1.54, 1.807) is 0 Å². The quantitative estimate of drug-likeness (QED) is 0.826. The fourth-order valence-electron chi connectivity index (χ4n) is 3.36. The van der Waals surface area contributed by atoms with Crippen LogP contribution in [0.1, 0.15) is 44.1 Å². The second-order valence-corrected chi connectivity index (χ2v) is 5.87. The first kappa shape index (κ1) is 10.3. The van der Waals surface area contributed by atoms with E-state index in [0.717, 1.165) is 19.5 Å². The van der Waals surface area contributed by atoms with Crippen molar-refractivity contribution in [1.82, 2.24) is 9.55 Å². The van der Waals surface area contributed by atoms with Gasteiger partial charge in [-0.25, -0.2) is 4.98 Å². The summed E-state index contributed by atoms with van der Waals surface area (Å²) in [5.41, 5.74) is 7.47. The summed E-state index contributed by atoms with van der Waals surface area (Å²) in [4.78, 5) is 4.81. The number of hydrogen-bond acceptors (Lipinski definition) is 2. The number of hydrogen-bond donors (Lipinski definition) is 1. The number of aryl methyl sites for hydroxylation is 2. The van der Waals surface area contributed by atoms with Crippen molar-refractivity contribution in [3.8, 4) is 0 Å². The van der Waals surface area contributed by atoms with E-state index < -0.39 is 0 Å². The molecule has 2 aliphatic rings. The zero-order chi connectivity index (χ0) is 11.3. The summed E-state index contributed by atoms with van der Waals surface area (Å²) in [5.74, 6) is 2.51. The van der Waals surface area contributed by atoms with Crippen LogP contribution in [0.3, 0.4) is 0 Å². The average molecular weight is 219 g/mol. The van der Waals surface area contributed by atoms with Crippen LogP contribution in [0, 0.1) is 11.3 Å². The van der Waals surface area contributed by atoms with Crippen molar-refractivity contribution in [3.63, 3.8) is 0 Å². The van der Waals surface area contributed by atoms with Crippen molar-refractivity contribution in [3.05, 3.63) is 17.7 Å². The van der Waals surface area contributed by atoms with Crippen molar-refractivity contribution in [2.24, 2.45) is 17.1 Å². The Morgan fingerprint density at radius 1 is 1.50 bits per heavy atom. The minimum atomic E-state index is 0.360. The van der Waals surface area contributed by atoms with E-state index in [2.05, 4.69) is 24.6 Å². The van der Waals surface area contributed by atoms with Crippen LogP contribution in [0.5, 0.6) is 0 Å². The predicted octanol–water partition coefficient (Wildman–Crippen LogP) is 1.92. The first-order chi connectivity index (χ1) is 7.64. The molecule has 16 heavy (non-hydrogen) atoms. The van der Waals surface area contributed by atoms with E-state index in [9.17, 15) is 0 Å². The van der Waals surface area contributed by atoms with Gasteiger partial charge in [0.1, 0.15) is 5.82 Å². The van der Waals surface area contributed by atoms with Crippen LogP contribution in [-0.2, 0) is 13.0 Å². The number of imidazole rings is 1. The van der Waals surface area contributed by atoms with Crippen molar-refractivity contribution in [1.29, 1.82) is 0 Å². The summed E-state index contributed by atoms with van der Waals surface area (Å²) in [6.45, 7) is 6.57. The Bertz CT molecular complexity index is 382. The van der Waals surface area contributed by atoms with Gasteiger partial charge in [0.2, 0.25) is 0 Å². The lowest BCUT2D eigenvalue weighted by atomic mass is 10.1. The lowest BCUT2D eigenvalue weighted by Gasteiger charge is -2.11. The highest BCUT2D eigenvalue weighted by atomic mass is 15.1. The van der Waals surface area contributed by atoms with Gasteiger partial charge >= 0.3 is 0 Å². The first-order valence-electron chi connectivity index (χ1n) is 6.40. The predicted molar refractivity (Wildman–Crippen MR) is 64.2 cm³/mol. The highest BCUT2D eigenvalue weighted by Gasteiger charge is 2.58. The van der Waals surface area contributed by atoms with Gasteiger partial charge in [-0.15, -0.1) is 0 Å². The SMILES string of the molecule is CC1(C)C(CN)C1c1cn2c(n1)CCCC2. The average Bonchev–Trinajstić information content (AvgIpc) is 2.65. The molecule has 88 valence electrons. The molecular weight excluding hydrogens is 198 g/mol. The molecule has 0 spiro atoms. The van der Waals surface area contributed by atoms with E-state index in [-0.39, 0.29) is 0 Å². The first-order valence-corrected chi connectivity index (χ1v) is 6.40. The van der Waals surface area contributed by atoms with Crippen molar-refractivity contribution >= 4 is 0 Å². The Morgan fingerprint density at radius 3 is 2.94 bits per heavy atom. The zero-order valence-electron chi connectivity index (χ0n) is 10.2. The second-order valence-electron chi connectivity index (χ2n) is 5.87. The largest absolute Gasteiger partial charge is 0.335 e. The molecule has 0 saturated heterocycles. The highest BCUT2D eigenvalue weighted by Crippen LogP contribution is 2.63. The van der Waals surface area contributed by atoms with Gasteiger partial charge in [-0.3, -0.25) is 0 Å². The van der Waals surface area contributed by atoms with Crippen molar-refractivity contribution in [2.75, 3.05) is 6.54 Å². The molecule has 0 radical (unpaired) electrons. The minimum absolute atomic E-state index is 0.360. The van der Waals surface area contributed by atoms with E-state index in [4.69, 9.17) is 10.7 Å². The Kier molecular flexibility index (Phi) is 2.15. The molecule has 2 atom stereocenters. The van der Waals surface area contributed by atoms with E-state index in [1.165, 1.54) is 24.4 Å². The number of fused-ring (bicyclic) bond motifs is 1. The van der Waals surface area contributed by atoms with Crippen LogP contribution in [0.25, 0.3) is 0 Å². The molecule has 0 amide bonds. The second kappa shape index (κ2) is 3.33. The highest BCUT2D eigenvalue weighted by molar-refractivity contribution is 5.26. The maximum atomic E-state index is 5.82. The summed E-state index contributed by atoms with van der Waals surface area (Å²) in [6.07, 6.45) is 6.03. The molecule has 3 rings (SSSR count). The molecule has 3 nitrogen and oxygen atoms in total. The molecule has 2 heterocycles. The van der Waals surface area contributed by atoms with Gasteiger partial charge < -0.3 is 10.3 Å². The van der Waals surface area contributed by atoms with E-state index >= 15 is 0 Å². The molecule has 1 fully saturated rings. The Balaban J connectivity index is 1.88. The molecule has 1 aliphatic heterocycles. The van der Waals surface area contributed by atoms with Crippen molar-refractivity contribution < 1.29 is 0 Å². The molecule has 2 unspecified atom stereocenters. The van der Waals surface area contributed by atoms with Crippen LogP contribution < -0.4 is 5.73 Å². The Labute approximate surface area is 97.0 Å². The summed E-state index contributed by atoms with van der Waals surface area (Å²) in [6, 6.07) is 0. The van der Waals surface area contributed by atoms with Gasteiger partial charge in [-0.2, -0.15) is 0 Å². The number of rotatable bonds is 2. The third-order valence-corrected chi connectivity index (χ3v) is 4.55. The van der Waals surface area contributed by atoms with Crippen LogP contribution in [-0.4, -0.2) is 16.1 Å². The minimum Gasteiger partial charge on any atom is -0.335 e. The summed E-state index contributed by atoms with van der Waals surface area (Å²) < 4.78 is 2.35. The van der Waals surface area contributed by atoms with E-state index in [1.807, 2.05) is 0 Å². The number of nitrogens with zero attached hydrogens (tertiary/aromatic N) is 2.